The molecular formula is C13H16FN3O4. The van der Waals surface area contributed by atoms with Gasteiger partial charge in [-0.2, -0.15) is 0 Å². The Morgan fingerprint density at radius 3 is 2.81 bits per heavy atom. The number of halogens is 1. The topological polar surface area (TPSA) is 91.8 Å². The molecule has 1 amide bonds. The van der Waals surface area contributed by atoms with E-state index in [1.807, 2.05) is 0 Å². The highest BCUT2D eigenvalue weighted by atomic mass is 19.1. The van der Waals surface area contributed by atoms with E-state index in [1.165, 1.54) is 6.20 Å². The first kappa shape index (κ1) is 15.2. The average molecular weight is 297 g/mol. The van der Waals surface area contributed by atoms with Crippen LogP contribution in [0.5, 0.6) is 0 Å². The summed E-state index contributed by atoms with van der Waals surface area (Å²) in [6.07, 6.45) is 1.39. The van der Waals surface area contributed by atoms with Crippen molar-refractivity contribution in [1.29, 1.82) is 0 Å². The van der Waals surface area contributed by atoms with Gasteiger partial charge in [0.2, 0.25) is 5.91 Å². The molecule has 0 aromatic carbocycles. The van der Waals surface area contributed by atoms with Gasteiger partial charge in [-0.05, 0) is 6.07 Å². The van der Waals surface area contributed by atoms with E-state index < -0.39 is 17.3 Å². The second-order valence-electron chi connectivity index (χ2n) is 4.50. The van der Waals surface area contributed by atoms with Gasteiger partial charge in [0.25, 0.3) is 0 Å². The number of carboxylic acid groups (broad SMARTS) is 1. The first-order valence-electron chi connectivity index (χ1n) is 6.57. The maximum atomic E-state index is 13.8. The molecule has 21 heavy (non-hydrogen) atoms. The molecule has 0 radical (unpaired) electrons. The summed E-state index contributed by atoms with van der Waals surface area (Å²) in [5, 5.41) is 11.5. The highest BCUT2D eigenvalue weighted by molar-refractivity contribution is 5.88. The SMILES string of the molecule is O=C(O)c1ccnc(NCCC(=O)N2CCOCC2)c1F. The maximum Gasteiger partial charge on any atom is 0.338 e. The van der Waals surface area contributed by atoms with Gasteiger partial charge in [0.05, 0.1) is 13.2 Å². The molecule has 1 aliphatic rings. The largest absolute Gasteiger partial charge is 0.478 e. The zero-order valence-electron chi connectivity index (χ0n) is 11.3. The van der Waals surface area contributed by atoms with E-state index in [2.05, 4.69) is 10.3 Å². The number of pyridine rings is 1. The lowest BCUT2D eigenvalue weighted by molar-refractivity contribution is -0.134. The minimum atomic E-state index is -1.36. The molecule has 0 saturated carbocycles. The number of ether oxygens (including phenoxy) is 1. The number of aromatic nitrogens is 1. The van der Waals surface area contributed by atoms with Crippen molar-refractivity contribution in [2.75, 3.05) is 38.2 Å². The lowest BCUT2D eigenvalue weighted by Gasteiger charge is -2.26. The first-order valence-corrected chi connectivity index (χ1v) is 6.57. The van der Waals surface area contributed by atoms with E-state index in [0.717, 1.165) is 6.07 Å². The van der Waals surface area contributed by atoms with Crippen LogP contribution in [0, 0.1) is 5.82 Å². The number of hydrogen-bond acceptors (Lipinski definition) is 5. The number of carbonyl (C=O) groups excluding carboxylic acids is 1. The van der Waals surface area contributed by atoms with Gasteiger partial charge in [-0.3, -0.25) is 4.79 Å². The number of nitrogens with zero attached hydrogens (tertiary/aromatic N) is 2. The number of hydrogen-bond donors (Lipinski definition) is 2. The van der Waals surface area contributed by atoms with Gasteiger partial charge in [0.15, 0.2) is 11.6 Å². The fourth-order valence-corrected chi connectivity index (χ4v) is 1.99. The van der Waals surface area contributed by atoms with Crippen LogP contribution in [-0.4, -0.2) is 59.7 Å². The lowest BCUT2D eigenvalue weighted by atomic mass is 10.2. The molecule has 2 N–H and O–H groups in total. The molecule has 1 aromatic heterocycles. The third kappa shape index (κ3) is 3.88. The smallest absolute Gasteiger partial charge is 0.338 e. The van der Waals surface area contributed by atoms with Crippen molar-refractivity contribution >= 4 is 17.7 Å². The van der Waals surface area contributed by atoms with Crippen LogP contribution in [0.2, 0.25) is 0 Å². The number of carboxylic acids is 1. The Labute approximate surface area is 120 Å². The summed E-state index contributed by atoms with van der Waals surface area (Å²) >= 11 is 0. The number of nitrogens with one attached hydrogen (secondary N) is 1. The van der Waals surface area contributed by atoms with E-state index >= 15 is 0 Å². The predicted octanol–water partition coefficient (Wildman–Crippen LogP) is 0.580. The van der Waals surface area contributed by atoms with E-state index in [1.54, 1.807) is 4.90 Å². The molecule has 0 spiro atoms. The van der Waals surface area contributed by atoms with E-state index in [4.69, 9.17) is 9.84 Å². The molecule has 2 heterocycles. The Morgan fingerprint density at radius 2 is 2.14 bits per heavy atom. The summed E-state index contributed by atoms with van der Waals surface area (Å²) in [5.41, 5.74) is -0.452. The van der Waals surface area contributed by atoms with Gasteiger partial charge in [-0.25, -0.2) is 14.2 Å². The van der Waals surface area contributed by atoms with Gasteiger partial charge in [0, 0.05) is 32.3 Å². The number of amides is 1. The van der Waals surface area contributed by atoms with Crippen LogP contribution in [0.4, 0.5) is 10.2 Å². The molecule has 2 rings (SSSR count). The van der Waals surface area contributed by atoms with Crippen LogP contribution in [0.25, 0.3) is 0 Å². The summed E-state index contributed by atoms with van der Waals surface area (Å²) < 4.78 is 18.9. The van der Waals surface area contributed by atoms with Crippen molar-refractivity contribution in [3.63, 3.8) is 0 Å². The van der Waals surface area contributed by atoms with Crippen molar-refractivity contribution in [3.8, 4) is 0 Å². The molecule has 8 heteroatoms. The molecule has 0 aliphatic carbocycles. The highest BCUT2D eigenvalue weighted by Gasteiger charge is 2.18. The van der Waals surface area contributed by atoms with Crippen LogP contribution < -0.4 is 5.32 Å². The Kier molecular flexibility index (Phi) is 5.04. The number of rotatable bonds is 5. The fraction of sp³-hybridized carbons (Fsp3) is 0.462. The first-order chi connectivity index (χ1) is 10.1. The minimum absolute atomic E-state index is 0.0550. The molecule has 114 valence electrons. The van der Waals surface area contributed by atoms with Gasteiger partial charge in [0.1, 0.15) is 5.56 Å². The summed E-state index contributed by atoms with van der Waals surface area (Å²) in [6.45, 7) is 2.34. The quantitative estimate of drug-likeness (QED) is 0.826. The Morgan fingerprint density at radius 1 is 1.43 bits per heavy atom. The predicted molar refractivity (Wildman–Crippen MR) is 71.7 cm³/mol. The standard InChI is InChI=1S/C13H16FN3O4/c14-11-9(13(19)20)1-3-15-12(11)16-4-2-10(18)17-5-7-21-8-6-17/h1,3H,2,4-8H2,(H,15,16)(H,19,20). The third-order valence-electron chi connectivity index (χ3n) is 3.11. The average Bonchev–Trinajstić information content (AvgIpc) is 2.49. The highest BCUT2D eigenvalue weighted by Crippen LogP contribution is 2.15. The molecule has 7 nitrogen and oxygen atoms in total. The van der Waals surface area contributed by atoms with Crippen LogP contribution in [0.3, 0.4) is 0 Å². The summed E-state index contributed by atoms with van der Waals surface area (Å²) in [4.78, 5) is 28.1. The zero-order valence-corrected chi connectivity index (χ0v) is 11.3. The van der Waals surface area contributed by atoms with Gasteiger partial charge >= 0.3 is 5.97 Å². The fourth-order valence-electron chi connectivity index (χ4n) is 1.99. The van der Waals surface area contributed by atoms with Crippen molar-refractivity contribution < 1.29 is 23.8 Å². The second-order valence-corrected chi connectivity index (χ2v) is 4.50. The van der Waals surface area contributed by atoms with E-state index in [9.17, 15) is 14.0 Å². The van der Waals surface area contributed by atoms with Crippen molar-refractivity contribution in [1.82, 2.24) is 9.88 Å². The number of carbonyl (C=O) groups is 2. The lowest BCUT2D eigenvalue weighted by Crippen LogP contribution is -2.41. The van der Waals surface area contributed by atoms with Gasteiger partial charge in [-0.15, -0.1) is 0 Å². The van der Waals surface area contributed by atoms with Gasteiger partial charge < -0.3 is 20.1 Å². The van der Waals surface area contributed by atoms with Crippen molar-refractivity contribution in [2.24, 2.45) is 0 Å². The molecule has 0 unspecified atom stereocenters. The monoisotopic (exact) mass is 297 g/mol. The Balaban J connectivity index is 1.87. The zero-order chi connectivity index (χ0) is 15.2. The van der Waals surface area contributed by atoms with E-state index in [0.29, 0.717) is 26.3 Å². The molecular weight excluding hydrogens is 281 g/mol. The molecule has 1 aromatic rings. The molecule has 0 atom stereocenters. The molecule has 0 bridgehead atoms. The molecule has 1 saturated heterocycles. The Bertz CT molecular complexity index is 532. The Hall–Kier alpha value is -2.22. The van der Waals surface area contributed by atoms with Gasteiger partial charge in [-0.1, -0.05) is 0 Å². The normalized spacial score (nSPS) is 14.8. The molecule has 1 fully saturated rings. The van der Waals surface area contributed by atoms with Crippen LogP contribution in [0.1, 0.15) is 16.8 Å². The van der Waals surface area contributed by atoms with Crippen LogP contribution >= 0.6 is 0 Å². The third-order valence-corrected chi connectivity index (χ3v) is 3.11. The number of morpholine rings is 1. The molecule has 1 aliphatic heterocycles. The summed E-state index contributed by atoms with van der Waals surface area (Å²) in [7, 11) is 0. The minimum Gasteiger partial charge on any atom is -0.478 e. The summed E-state index contributed by atoms with van der Waals surface area (Å²) in [6, 6.07) is 1.09. The second kappa shape index (κ2) is 6.98. The van der Waals surface area contributed by atoms with Crippen molar-refractivity contribution in [3.05, 3.63) is 23.6 Å². The number of aromatic carboxylic acids is 1. The number of anilines is 1. The van der Waals surface area contributed by atoms with Crippen LogP contribution in [0.15, 0.2) is 12.3 Å². The van der Waals surface area contributed by atoms with Crippen molar-refractivity contribution in [2.45, 2.75) is 6.42 Å². The summed E-state index contributed by atoms with van der Waals surface area (Å²) in [5.74, 6) is -2.50. The van der Waals surface area contributed by atoms with Crippen LogP contribution in [-0.2, 0) is 9.53 Å². The maximum absolute atomic E-state index is 13.8. The van der Waals surface area contributed by atoms with E-state index in [-0.39, 0.29) is 24.7 Å².